The minimum atomic E-state index is -0.0784. The van der Waals surface area contributed by atoms with Gasteiger partial charge in [-0.25, -0.2) is 0 Å². The number of hydrogen-bond acceptors (Lipinski definition) is 3. The minimum absolute atomic E-state index is 0.0784. The molecule has 2 aromatic carbocycles. The standard InChI is InChI=1S/C16H16N2O2/c1-18(13-3-2-4-14(19)10-13)16(20)12-5-6-15-11(9-12)7-8-17-15/h2-6,9-10,17,19H,7-8H2,1H3. The van der Waals surface area contributed by atoms with Crippen LogP contribution in [0.1, 0.15) is 15.9 Å². The van der Waals surface area contributed by atoms with Crippen molar-refractivity contribution in [3.05, 3.63) is 53.6 Å². The molecule has 1 amide bonds. The van der Waals surface area contributed by atoms with Gasteiger partial charge in [0.2, 0.25) is 0 Å². The van der Waals surface area contributed by atoms with Gasteiger partial charge in [-0.05, 0) is 42.3 Å². The highest BCUT2D eigenvalue weighted by Gasteiger charge is 2.17. The van der Waals surface area contributed by atoms with E-state index in [1.807, 2.05) is 18.2 Å². The number of rotatable bonds is 2. The summed E-state index contributed by atoms with van der Waals surface area (Å²) in [5.74, 6) is 0.0746. The summed E-state index contributed by atoms with van der Waals surface area (Å²) in [6, 6.07) is 12.4. The largest absolute Gasteiger partial charge is 0.508 e. The maximum absolute atomic E-state index is 12.5. The van der Waals surface area contributed by atoms with Gasteiger partial charge in [0.1, 0.15) is 5.75 Å². The summed E-state index contributed by atoms with van der Waals surface area (Å²) in [6.45, 7) is 0.926. The molecule has 1 heterocycles. The van der Waals surface area contributed by atoms with Gasteiger partial charge in [0.05, 0.1) is 0 Å². The molecule has 0 radical (unpaired) electrons. The van der Waals surface area contributed by atoms with E-state index in [2.05, 4.69) is 5.32 Å². The van der Waals surface area contributed by atoms with Crippen molar-refractivity contribution in [2.75, 3.05) is 23.8 Å². The summed E-state index contributed by atoms with van der Waals surface area (Å²) in [5, 5.41) is 12.8. The molecule has 20 heavy (non-hydrogen) atoms. The van der Waals surface area contributed by atoms with Crippen LogP contribution in [0.25, 0.3) is 0 Å². The normalized spacial score (nSPS) is 12.7. The third-order valence-electron chi connectivity index (χ3n) is 3.58. The molecule has 2 N–H and O–H groups in total. The van der Waals surface area contributed by atoms with Crippen molar-refractivity contribution < 1.29 is 9.90 Å². The van der Waals surface area contributed by atoms with Crippen molar-refractivity contribution in [3.8, 4) is 5.75 Å². The van der Waals surface area contributed by atoms with Crippen LogP contribution in [0.3, 0.4) is 0 Å². The lowest BCUT2D eigenvalue weighted by atomic mass is 10.1. The summed E-state index contributed by atoms with van der Waals surface area (Å²) < 4.78 is 0. The smallest absolute Gasteiger partial charge is 0.258 e. The predicted molar refractivity (Wildman–Crippen MR) is 79.5 cm³/mol. The highest BCUT2D eigenvalue weighted by molar-refractivity contribution is 6.06. The van der Waals surface area contributed by atoms with Gasteiger partial charge >= 0.3 is 0 Å². The maximum atomic E-state index is 12.5. The Kier molecular flexibility index (Phi) is 3.06. The number of amides is 1. The third kappa shape index (κ3) is 2.20. The van der Waals surface area contributed by atoms with Gasteiger partial charge < -0.3 is 15.3 Å². The van der Waals surface area contributed by atoms with Crippen molar-refractivity contribution in [1.82, 2.24) is 0 Å². The molecule has 3 rings (SSSR count). The van der Waals surface area contributed by atoms with E-state index in [4.69, 9.17) is 0 Å². The number of carbonyl (C=O) groups is 1. The number of phenolic OH excluding ortho intramolecular Hbond substituents is 1. The van der Waals surface area contributed by atoms with Crippen molar-refractivity contribution in [2.24, 2.45) is 0 Å². The minimum Gasteiger partial charge on any atom is -0.508 e. The Labute approximate surface area is 117 Å². The van der Waals surface area contributed by atoms with Crippen molar-refractivity contribution in [3.63, 3.8) is 0 Å². The lowest BCUT2D eigenvalue weighted by molar-refractivity contribution is 0.0993. The monoisotopic (exact) mass is 268 g/mol. The quantitative estimate of drug-likeness (QED) is 0.880. The Hall–Kier alpha value is -2.49. The summed E-state index contributed by atoms with van der Waals surface area (Å²) in [6.07, 6.45) is 0.951. The number of phenols is 1. The molecule has 1 aliphatic heterocycles. The third-order valence-corrected chi connectivity index (χ3v) is 3.58. The maximum Gasteiger partial charge on any atom is 0.258 e. The molecule has 0 aromatic heterocycles. The van der Waals surface area contributed by atoms with Crippen LogP contribution in [0, 0.1) is 0 Å². The first kappa shape index (κ1) is 12.5. The molecule has 4 nitrogen and oxygen atoms in total. The molecule has 0 aliphatic carbocycles. The second kappa shape index (κ2) is 4.89. The van der Waals surface area contributed by atoms with Gasteiger partial charge in [-0.3, -0.25) is 4.79 Å². The van der Waals surface area contributed by atoms with Crippen LogP contribution in [0.15, 0.2) is 42.5 Å². The highest BCUT2D eigenvalue weighted by Crippen LogP contribution is 2.25. The molecule has 4 heteroatoms. The van der Waals surface area contributed by atoms with Gasteiger partial charge in [0.15, 0.2) is 0 Å². The van der Waals surface area contributed by atoms with Crippen LogP contribution in [-0.2, 0) is 6.42 Å². The number of nitrogens with zero attached hydrogens (tertiary/aromatic N) is 1. The molecule has 0 unspecified atom stereocenters. The molecule has 0 saturated carbocycles. The van der Waals surface area contributed by atoms with E-state index >= 15 is 0 Å². The van der Waals surface area contributed by atoms with Crippen LogP contribution in [0.5, 0.6) is 5.75 Å². The fraction of sp³-hybridized carbons (Fsp3) is 0.188. The van der Waals surface area contributed by atoms with Gasteiger partial charge in [-0.2, -0.15) is 0 Å². The molecular weight excluding hydrogens is 252 g/mol. The zero-order valence-corrected chi connectivity index (χ0v) is 11.3. The number of fused-ring (bicyclic) bond motifs is 1. The van der Waals surface area contributed by atoms with E-state index in [1.165, 1.54) is 5.56 Å². The first-order valence-corrected chi connectivity index (χ1v) is 6.59. The SMILES string of the molecule is CN(C(=O)c1ccc2c(c1)CCN2)c1cccc(O)c1. The molecule has 0 fully saturated rings. The van der Waals surface area contributed by atoms with Crippen LogP contribution in [-0.4, -0.2) is 24.6 Å². The number of hydrogen-bond donors (Lipinski definition) is 2. The summed E-state index contributed by atoms with van der Waals surface area (Å²) >= 11 is 0. The Morgan fingerprint density at radius 2 is 2.10 bits per heavy atom. The fourth-order valence-corrected chi connectivity index (χ4v) is 2.45. The van der Waals surface area contributed by atoms with Crippen LogP contribution in [0.4, 0.5) is 11.4 Å². The van der Waals surface area contributed by atoms with Crippen LogP contribution < -0.4 is 10.2 Å². The number of benzene rings is 2. The zero-order chi connectivity index (χ0) is 14.1. The van der Waals surface area contributed by atoms with E-state index in [-0.39, 0.29) is 11.7 Å². The number of nitrogens with one attached hydrogen (secondary N) is 1. The Morgan fingerprint density at radius 3 is 2.90 bits per heavy atom. The predicted octanol–water partition coefficient (Wildman–Crippen LogP) is 2.64. The van der Waals surface area contributed by atoms with Crippen LogP contribution in [0.2, 0.25) is 0 Å². The Balaban J connectivity index is 1.88. The van der Waals surface area contributed by atoms with Gasteiger partial charge in [0, 0.05) is 36.6 Å². The van der Waals surface area contributed by atoms with Crippen molar-refractivity contribution in [1.29, 1.82) is 0 Å². The molecule has 1 aliphatic rings. The van der Waals surface area contributed by atoms with E-state index in [0.29, 0.717) is 11.3 Å². The number of anilines is 2. The van der Waals surface area contributed by atoms with E-state index in [9.17, 15) is 9.90 Å². The lowest BCUT2D eigenvalue weighted by Crippen LogP contribution is -2.26. The molecule has 102 valence electrons. The first-order valence-electron chi connectivity index (χ1n) is 6.59. The van der Waals surface area contributed by atoms with E-state index in [1.54, 1.807) is 36.2 Å². The lowest BCUT2D eigenvalue weighted by Gasteiger charge is -2.18. The molecular formula is C16H16N2O2. The van der Waals surface area contributed by atoms with E-state index < -0.39 is 0 Å². The summed E-state index contributed by atoms with van der Waals surface area (Å²) in [7, 11) is 1.71. The Morgan fingerprint density at radius 1 is 1.25 bits per heavy atom. The summed E-state index contributed by atoms with van der Waals surface area (Å²) in [5.41, 5.74) is 3.63. The van der Waals surface area contributed by atoms with Gasteiger partial charge in [-0.1, -0.05) is 6.07 Å². The molecule has 2 aromatic rings. The first-order chi connectivity index (χ1) is 9.65. The van der Waals surface area contributed by atoms with Gasteiger partial charge in [-0.15, -0.1) is 0 Å². The van der Waals surface area contributed by atoms with Crippen LogP contribution >= 0.6 is 0 Å². The number of aromatic hydroxyl groups is 1. The van der Waals surface area contributed by atoms with Crippen molar-refractivity contribution in [2.45, 2.75) is 6.42 Å². The fourth-order valence-electron chi connectivity index (χ4n) is 2.45. The topological polar surface area (TPSA) is 52.6 Å². The average molecular weight is 268 g/mol. The molecule has 0 saturated heterocycles. The zero-order valence-electron chi connectivity index (χ0n) is 11.3. The average Bonchev–Trinajstić information content (AvgIpc) is 2.93. The number of carbonyl (C=O) groups excluding carboxylic acids is 1. The summed E-state index contributed by atoms with van der Waals surface area (Å²) in [4.78, 5) is 14.0. The molecule has 0 atom stereocenters. The second-order valence-corrected chi connectivity index (χ2v) is 4.93. The van der Waals surface area contributed by atoms with Gasteiger partial charge in [0.25, 0.3) is 5.91 Å². The molecule has 0 spiro atoms. The van der Waals surface area contributed by atoms with Crippen molar-refractivity contribution >= 4 is 17.3 Å². The molecule has 0 bridgehead atoms. The van der Waals surface area contributed by atoms with E-state index in [0.717, 1.165) is 18.7 Å². The highest BCUT2D eigenvalue weighted by atomic mass is 16.3. The second-order valence-electron chi connectivity index (χ2n) is 4.93. The Bertz CT molecular complexity index is 667.